The number of hydrogen-bond donors (Lipinski definition) is 1. The zero-order valence-electron chi connectivity index (χ0n) is 8.09. The third-order valence-electron chi connectivity index (χ3n) is 2.51. The number of ether oxygens (including phenoxy) is 1. The number of thioether (sulfide) groups is 1. The molecule has 0 amide bonds. The van der Waals surface area contributed by atoms with E-state index in [-0.39, 0.29) is 12.2 Å². The highest BCUT2D eigenvalue weighted by Crippen LogP contribution is 2.30. The van der Waals surface area contributed by atoms with Gasteiger partial charge < -0.3 is 10.1 Å². The molecule has 1 spiro atoms. The van der Waals surface area contributed by atoms with Gasteiger partial charge in [0.2, 0.25) is 0 Å². The topological polar surface area (TPSA) is 33.6 Å². The van der Waals surface area contributed by atoms with Crippen LogP contribution >= 0.6 is 11.8 Å². The monoisotopic (exact) mass is 218 g/mol. The maximum Gasteiger partial charge on any atom is 0.157 e. The summed E-state index contributed by atoms with van der Waals surface area (Å²) in [6.07, 6.45) is 1.58. The van der Waals surface area contributed by atoms with E-state index >= 15 is 0 Å². The minimum absolute atomic E-state index is 0.124. The van der Waals surface area contributed by atoms with Crippen molar-refractivity contribution in [2.75, 3.05) is 32.2 Å². The Labute approximate surface area is 87.5 Å². The molecule has 0 aromatic rings. The number of rotatable bonds is 3. The summed E-state index contributed by atoms with van der Waals surface area (Å²) in [5.41, 5.74) is 0.124. The Hall–Kier alpha value is -0.290. The highest BCUT2D eigenvalue weighted by molar-refractivity contribution is 8.14. The first-order valence-corrected chi connectivity index (χ1v) is 5.92. The van der Waals surface area contributed by atoms with Crippen LogP contribution in [0.4, 0.5) is 4.39 Å². The Kier molecular flexibility index (Phi) is 3.28. The average Bonchev–Trinajstić information content (AvgIpc) is 2.79. The molecule has 2 rings (SSSR count). The molecule has 80 valence electrons. The van der Waals surface area contributed by atoms with Crippen LogP contribution in [-0.2, 0) is 4.74 Å². The van der Waals surface area contributed by atoms with Gasteiger partial charge in [0.15, 0.2) is 5.17 Å². The molecule has 2 saturated heterocycles. The molecular formula is C9H15FN2OS. The Morgan fingerprint density at radius 2 is 2.57 bits per heavy atom. The van der Waals surface area contributed by atoms with Crippen LogP contribution in [0, 0.1) is 0 Å². The maximum absolute atomic E-state index is 11.8. The molecule has 1 N–H and O–H groups in total. The zero-order chi connectivity index (χ0) is 9.86. The molecule has 0 bridgehead atoms. The van der Waals surface area contributed by atoms with Gasteiger partial charge in [-0.2, -0.15) is 0 Å². The first-order valence-electron chi connectivity index (χ1n) is 4.94. The lowest BCUT2D eigenvalue weighted by molar-refractivity contribution is 0.179. The highest BCUT2D eigenvalue weighted by atomic mass is 32.2. The number of nitrogens with one attached hydrogen (secondary N) is 1. The summed E-state index contributed by atoms with van der Waals surface area (Å²) in [5, 5.41) is 4.35. The lowest BCUT2D eigenvalue weighted by Crippen LogP contribution is -2.44. The Balaban J connectivity index is 1.84. The van der Waals surface area contributed by atoms with Crippen LogP contribution in [0.2, 0.25) is 0 Å². The van der Waals surface area contributed by atoms with E-state index in [0.29, 0.717) is 13.0 Å². The normalized spacial score (nSPS) is 34.2. The number of nitrogens with zero attached hydrogens (tertiary/aromatic N) is 1. The van der Waals surface area contributed by atoms with Gasteiger partial charge in [0, 0.05) is 18.9 Å². The molecule has 5 heteroatoms. The van der Waals surface area contributed by atoms with E-state index in [1.54, 1.807) is 11.8 Å². The van der Waals surface area contributed by atoms with Gasteiger partial charge in [-0.15, -0.1) is 0 Å². The van der Waals surface area contributed by atoms with Crippen molar-refractivity contribution >= 4 is 16.9 Å². The van der Waals surface area contributed by atoms with Crippen LogP contribution in [-0.4, -0.2) is 42.9 Å². The lowest BCUT2D eigenvalue weighted by atomic mass is 10.0. The van der Waals surface area contributed by atoms with Crippen LogP contribution in [0.25, 0.3) is 0 Å². The number of halogens is 1. The van der Waals surface area contributed by atoms with Crippen LogP contribution in [0.5, 0.6) is 0 Å². The molecule has 14 heavy (non-hydrogen) atoms. The van der Waals surface area contributed by atoms with E-state index in [0.717, 1.165) is 30.6 Å². The maximum atomic E-state index is 11.8. The van der Waals surface area contributed by atoms with E-state index in [4.69, 9.17) is 4.74 Å². The predicted molar refractivity (Wildman–Crippen MR) is 56.7 cm³/mol. The molecule has 1 unspecified atom stereocenters. The Morgan fingerprint density at radius 3 is 3.29 bits per heavy atom. The highest BCUT2D eigenvalue weighted by Gasteiger charge is 2.40. The van der Waals surface area contributed by atoms with Crippen molar-refractivity contribution in [3.63, 3.8) is 0 Å². The fourth-order valence-corrected chi connectivity index (χ4v) is 2.83. The summed E-state index contributed by atoms with van der Waals surface area (Å²) in [7, 11) is 0. The van der Waals surface area contributed by atoms with Gasteiger partial charge in [-0.3, -0.25) is 9.38 Å². The van der Waals surface area contributed by atoms with Gasteiger partial charge in [0.1, 0.15) is 0 Å². The molecule has 3 nitrogen and oxygen atoms in total. The summed E-state index contributed by atoms with van der Waals surface area (Å²) < 4.78 is 17.2. The molecular weight excluding hydrogens is 203 g/mol. The van der Waals surface area contributed by atoms with Gasteiger partial charge in [-0.25, -0.2) is 0 Å². The Morgan fingerprint density at radius 1 is 1.64 bits per heavy atom. The van der Waals surface area contributed by atoms with Gasteiger partial charge in [0.25, 0.3) is 0 Å². The van der Waals surface area contributed by atoms with Gasteiger partial charge in [-0.05, 0) is 12.8 Å². The lowest BCUT2D eigenvalue weighted by Gasteiger charge is -2.19. The molecule has 1 atom stereocenters. The van der Waals surface area contributed by atoms with Crippen molar-refractivity contribution in [2.24, 2.45) is 4.99 Å². The van der Waals surface area contributed by atoms with Crippen molar-refractivity contribution in [3.05, 3.63) is 0 Å². The molecule has 0 saturated carbocycles. The summed E-state index contributed by atoms with van der Waals surface area (Å²) in [5.74, 6) is 1.03. The minimum Gasteiger partial charge on any atom is -0.379 e. The van der Waals surface area contributed by atoms with E-state index in [9.17, 15) is 4.39 Å². The van der Waals surface area contributed by atoms with E-state index in [2.05, 4.69) is 10.3 Å². The molecule has 0 aromatic heterocycles. The number of hydrogen-bond acceptors (Lipinski definition) is 3. The van der Waals surface area contributed by atoms with Crippen LogP contribution in [0.1, 0.15) is 12.8 Å². The quantitative estimate of drug-likeness (QED) is 0.723. The number of aliphatic imine (C=N–C) groups is 1. The largest absolute Gasteiger partial charge is 0.379 e. The second kappa shape index (κ2) is 4.49. The number of alkyl halides is 1. The molecule has 2 aliphatic rings. The van der Waals surface area contributed by atoms with E-state index in [1.807, 2.05) is 0 Å². The van der Waals surface area contributed by atoms with Crippen LogP contribution < -0.4 is 5.32 Å². The van der Waals surface area contributed by atoms with Crippen molar-refractivity contribution in [1.29, 1.82) is 0 Å². The fourth-order valence-electron chi connectivity index (χ4n) is 1.65. The van der Waals surface area contributed by atoms with Crippen molar-refractivity contribution in [1.82, 2.24) is 5.32 Å². The molecule has 0 radical (unpaired) electrons. The second-order valence-corrected chi connectivity index (χ2v) is 4.69. The third-order valence-corrected chi connectivity index (χ3v) is 3.71. The van der Waals surface area contributed by atoms with E-state index < -0.39 is 0 Å². The molecule has 2 heterocycles. The summed E-state index contributed by atoms with van der Waals surface area (Å²) in [6, 6.07) is 0. The summed E-state index contributed by atoms with van der Waals surface area (Å²) >= 11 is 1.73. The minimum atomic E-state index is -0.282. The molecule has 0 aromatic carbocycles. The first-order chi connectivity index (χ1) is 6.85. The fraction of sp³-hybridized carbons (Fsp3) is 0.889. The second-order valence-electron chi connectivity index (χ2n) is 3.73. The molecule has 2 fully saturated rings. The smallest absolute Gasteiger partial charge is 0.157 e. The summed E-state index contributed by atoms with van der Waals surface area (Å²) in [4.78, 5) is 4.30. The van der Waals surface area contributed by atoms with Crippen molar-refractivity contribution in [3.8, 4) is 0 Å². The van der Waals surface area contributed by atoms with Crippen LogP contribution in [0.15, 0.2) is 4.99 Å². The van der Waals surface area contributed by atoms with Crippen molar-refractivity contribution < 1.29 is 9.13 Å². The standard InChI is InChI=1S/C9H15FN2OS/c10-3-1-4-11-8-12-9(7-14-8)2-5-13-6-9/h1-7H2,(H,11,12). The number of amidine groups is 1. The van der Waals surface area contributed by atoms with Gasteiger partial charge in [0.05, 0.1) is 18.8 Å². The molecule has 2 aliphatic heterocycles. The van der Waals surface area contributed by atoms with Gasteiger partial charge >= 0.3 is 0 Å². The zero-order valence-corrected chi connectivity index (χ0v) is 8.91. The summed E-state index contributed by atoms with van der Waals surface area (Å²) in [6.45, 7) is 1.92. The third kappa shape index (κ3) is 2.20. The first kappa shape index (κ1) is 10.2. The van der Waals surface area contributed by atoms with E-state index in [1.165, 1.54) is 0 Å². The van der Waals surface area contributed by atoms with Gasteiger partial charge in [-0.1, -0.05) is 11.8 Å². The SMILES string of the molecule is FCCCN=C1NC2(CCOC2)CS1. The average molecular weight is 218 g/mol. The Bertz CT molecular complexity index is 229. The molecule has 0 aliphatic carbocycles. The van der Waals surface area contributed by atoms with Crippen LogP contribution in [0.3, 0.4) is 0 Å². The predicted octanol–water partition coefficient (Wildman–Crippen LogP) is 1.20. The van der Waals surface area contributed by atoms with Crippen molar-refractivity contribution in [2.45, 2.75) is 18.4 Å².